The minimum Gasteiger partial charge on any atom is -1.00 e. The van der Waals surface area contributed by atoms with Crippen molar-refractivity contribution in [2.75, 3.05) is 0 Å². The summed E-state index contributed by atoms with van der Waals surface area (Å²) < 4.78 is 0. The second-order valence-corrected chi connectivity index (χ2v) is 2.38. The van der Waals surface area contributed by atoms with E-state index in [4.69, 9.17) is 5.11 Å². The summed E-state index contributed by atoms with van der Waals surface area (Å²) in [6.45, 7) is 0. The van der Waals surface area contributed by atoms with Gasteiger partial charge in [0.1, 0.15) is 0 Å². The molecule has 0 heterocycles. The maximum atomic E-state index is 10.2. The molecule has 0 spiro atoms. The molecule has 60 valence electrons. The van der Waals surface area contributed by atoms with Crippen molar-refractivity contribution < 1.29 is 62.7 Å². The Kier molecular flexibility index (Phi) is 6.99. The third-order valence-corrected chi connectivity index (χ3v) is 1.47. The van der Waals surface area contributed by atoms with E-state index < -0.39 is 5.97 Å². The van der Waals surface area contributed by atoms with Gasteiger partial charge in [0.05, 0.1) is 0 Å². The van der Waals surface area contributed by atoms with Gasteiger partial charge in [-0.2, -0.15) is 0 Å². The second kappa shape index (κ2) is 6.80. The zero-order valence-electron chi connectivity index (χ0n) is 8.16. The summed E-state index contributed by atoms with van der Waals surface area (Å²) in [6.07, 6.45) is 0.834. The van der Waals surface area contributed by atoms with Crippen LogP contribution in [0.5, 0.6) is 0 Å². The summed E-state index contributed by atoms with van der Waals surface area (Å²) in [6, 6.07) is 9.62. The van der Waals surface area contributed by atoms with Gasteiger partial charge >= 0.3 is 57.4 Å². The van der Waals surface area contributed by atoms with Crippen molar-refractivity contribution >= 4 is 5.97 Å². The van der Waals surface area contributed by atoms with E-state index in [0.717, 1.165) is 5.56 Å². The Morgan fingerprint density at radius 3 is 2.42 bits per heavy atom. The van der Waals surface area contributed by atoms with Crippen LogP contribution in [-0.4, -0.2) is 11.1 Å². The van der Waals surface area contributed by atoms with Crippen LogP contribution in [0.2, 0.25) is 0 Å². The maximum Gasteiger partial charge on any atom is 1.00 e. The van der Waals surface area contributed by atoms with Crippen molar-refractivity contribution in [3.8, 4) is 0 Å². The first kappa shape index (κ1) is 12.3. The Balaban J connectivity index is 0. The Bertz CT molecular complexity index is 239. The van der Waals surface area contributed by atoms with Crippen LogP contribution in [0, 0.1) is 0 Å². The molecule has 1 aromatic carbocycles. The summed E-state index contributed by atoms with van der Waals surface area (Å²) in [4.78, 5) is 10.2. The average molecular weight is 190 g/mol. The fraction of sp³-hybridized carbons (Fsp3) is 0.222. The van der Waals surface area contributed by atoms with E-state index in [9.17, 15) is 4.79 Å². The Labute approximate surface area is 116 Å². The molecule has 0 saturated carbocycles. The van der Waals surface area contributed by atoms with Gasteiger partial charge in [0, 0.05) is 6.42 Å². The molecule has 0 atom stereocenters. The van der Waals surface area contributed by atoms with Gasteiger partial charge in [-0.3, -0.25) is 4.79 Å². The fourth-order valence-corrected chi connectivity index (χ4v) is 0.896. The first-order valence-electron chi connectivity index (χ1n) is 3.55. The Hall–Kier alpha value is 0.326. The molecule has 0 amide bonds. The van der Waals surface area contributed by atoms with Crippen molar-refractivity contribution in [1.29, 1.82) is 0 Å². The molecule has 1 aromatic rings. The molecule has 0 saturated heterocycles. The minimum atomic E-state index is -0.742. The van der Waals surface area contributed by atoms with Crippen molar-refractivity contribution in [3.05, 3.63) is 35.9 Å². The second-order valence-electron chi connectivity index (χ2n) is 2.38. The molecular formula is C9H11KO2. The molecule has 0 unspecified atom stereocenters. The van der Waals surface area contributed by atoms with Crippen LogP contribution in [0.15, 0.2) is 30.3 Å². The monoisotopic (exact) mass is 190 g/mol. The molecule has 1 N–H and O–H groups in total. The van der Waals surface area contributed by atoms with Crippen LogP contribution in [0.1, 0.15) is 13.4 Å². The van der Waals surface area contributed by atoms with Crippen LogP contribution in [-0.2, 0) is 11.2 Å². The summed E-state index contributed by atoms with van der Waals surface area (Å²) in [5.41, 5.74) is 1.08. The fourth-order valence-electron chi connectivity index (χ4n) is 0.896. The molecule has 0 aliphatic carbocycles. The normalized spacial score (nSPS) is 8.67. The van der Waals surface area contributed by atoms with Gasteiger partial charge in [0.15, 0.2) is 0 Å². The summed E-state index contributed by atoms with van der Waals surface area (Å²) >= 11 is 0. The van der Waals surface area contributed by atoms with Crippen LogP contribution in [0.4, 0.5) is 0 Å². The van der Waals surface area contributed by atoms with Crippen LogP contribution >= 0.6 is 0 Å². The molecule has 2 nitrogen and oxygen atoms in total. The number of carboxylic acids is 1. The van der Waals surface area contributed by atoms with Gasteiger partial charge < -0.3 is 6.53 Å². The van der Waals surface area contributed by atoms with Gasteiger partial charge in [-0.05, 0) is 12.0 Å². The zero-order valence-corrected chi connectivity index (χ0v) is 10.3. The van der Waals surface area contributed by atoms with E-state index in [1.165, 1.54) is 0 Å². The van der Waals surface area contributed by atoms with Gasteiger partial charge in [-0.15, -0.1) is 0 Å². The van der Waals surface area contributed by atoms with E-state index in [2.05, 4.69) is 0 Å². The third-order valence-electron chi connectivity index (χ3n) is 1.47. The minimum absolute atomic E-state index is 0. The molecular weight excluding hydrogens is 179 g/mol. The molecule has 0 bridgehead atoms. The van der Waals surface area contributed by atoms with E-state index in [1.807, 2.05) is 30.3 Å². The van der Waals surface area contributed by atoms with Gasteiger partial charge in [-0.25, -0.2) is 0 Å². The summed E-state index contributed by atoms with van der Waals surface area (Å²) in [7, 11) is 0. The largest absolute Gasteiger partial charge is 1.00 e. The number of rotatable bonds is 3. The standard InChI is InChI=1S/C9H10O2.K.H/c10-9(11)7-6-8-4-2-1-3-5-8;;/h1-5H,6-7H2,(H,10,11);;/q;+1;-1. The Morgan fingerprint density at radius 2 is 1.92 bits per heavy atom. The number of carboxylic acid groups (broad SMARTS) is 1. The van der Waals surface area contributed by atoms with Crippen molar-refractivity contribution in [1.82, 2.24) is 0 Å². The first-order valence-corrected chi connectivity index (χ1v) is 3.55. The molecule has 0 fully saturated rings. The number of hydrogen-bond acceptors (Lipinski definition) is 1. The van der Waals surface area contributed by atoms with E-state index in [1.54, 1.807) is 0 Å². The SMILES string of the molecule is O=C(O)CCc1ccccc1.[H-].[K+]. The van der Waals surface area contributed by atoms with E-state index in [-0.39, 0.29) is 59.2 Å². The first-order chi connectivity index (χ1) is 5.29. The van der Waals surface area contributed by atoms with E-state index in [0.29, 0.717) is 6.42 Å². The Morgan fingerprint density at radius 1 is 1.33 bits per heavy atom. The van der Waals surface area contributed by atoms with Gasteiger partial charge in [0.25, 0.3) is 0 Å². The van der Waals surface area contributed by atoms with Gasteiger partial charge in [0.2, 0.25) is 0 Å². The van der Waals surface area contributed by atoms with Crippen molar-refractivity contribution in [3.63, 3.8) is 0 Å². The summed E-state index contributed by atoms with van der Waals surface area (Å²) in [5.74, 6) is -0.742. The number of hydrogen-bond donors (Lipinski definition) is 1. The third kappa shape index (κ3) is 5.06. The zero-order chi connectivity index (χ0) is 8.10. The maximum absolute atomic E-state index is 10.2. The van der Waals surface area contributed by atoms with Crippen LogP contribution < -0.4 is 51.4 Å². The number of aryl methyl sites for hydroxylation is 1. The molecule has 1 rings (SSSR count). The molecule has 0 aromatic heterocycles. The average Bonchev–Trinajstić information content (AvgIpc) is 2.03. The van der Waals surface area contributed by atoms with Crippen LogP contribution in [0.3, 0.4) is 0 Å². The number of aliphatic carboxylic acids is 1. The summed E-state index contributed by atoms with van der Waals surface area (Å²) in [5, 5.41) is 8.37. The smallest absolute Gasteiger partial charge is 1.00 e. The quantitative estimate of drug-likeness (QED) is 0.609. The topological polar surface area (TPSA) is 37.3 Å². The number of benzene rings is 1. The molecule has 0 radical (unpaired) electrons. The van der Waals surface area contributed by atoms with Crippen molar-refractivity contribution in [2.45, 2.75) is 12.8 Å². The van der Waals surface area contributed by atoms with Crippen molar-refractivity contribution in [2.24, 2.45) is 0 Å². The predicted octanol–water partition coefficient (Wildman–Crippen LogP) is -1.18. The molecule has 0 aliphatic heterocycles. The van der Waals surface area contributed by atoms with E-state index >= 15 is 0 Å². The number of carbonyl (C=O) groups is 1. The predicted molar refractivity (Wildman–Crippen MR) is 43.5 cm³/mol. The molecule has 12 heavy (non-hydrogen) atoms. The molecule has 0 aliphatic rings. The van der Waals surface area contributed by atoms with Crippen LogP contribution in [0.25, 0.3) is 0 Å². The molecule has 3 heteroatoms. The van der Waals surface area contributed by atoms with Gasteiger partial charge in [-0.1, -0.05) is 30.3 Å².